The van der Waals surface area contributed by atoms with E-state index in [1.165, 1.54) is 39.3 Å². The molecule has 0 bridgehead atoms. The van der Waals surface area contributed by atoms with Gasteiger partial charge in [0, 0.05) is 15.8 Å². The van der Waals surface area contributed by atoms with Gasteiger partial charge >= 0.3 is 0 Å². The fourth-order valence-corrected chi connectivity index (χ4v) is 7.06. The monoisotopic (exact) mass is 615 g/mol. The summed E-state index contributed by atoms with van der Waals surface area (Å²) in [4.78, 5) is 28.6. The minimum absolute atomic E-state index is 0.0272. The molecule has 5 rings (SSSR count). The molecule has 1 N–H and O–H groups in total. The first-order valence-electron chi connectivity index (χ1n) is 11.5. The van der Waals surface area contributed by atoms with Crippen LogP contribution in [0.25, 0.3) is 0 Å². The highest BCUT2D eigenvalue weighted by molar-refractivity contribution is 8.00. The molecule has 0 radical (unpaired) electrons. The Labute approximate surface area is 246 Å². The van der Waals surface area contributed by atoms with Gasteiger partial charge in [-0.05, 0) is 46.8 Å². The lowest BCUT2D eigenvalue weighted by atomic mass is 9.95. The Morgan fingerprint density at radius 2 is 2.03 bits per heavy atom. The van der Waals surface area contributed by atoms with Crippen LogP contribution >= 0.6 is 57.6 Å². The SMILES string of the molecule is C=CCOc1cccc(C2C(C(=O)c3cccs3)=C(O)C(=O)N2c2nnc(SCc3ccc(Cl)cc3Cl)s2)c1. The van der Waals surface area contributed by atoms with Crippen LogP contribution in [-0.2, 0) is 10.5 Å². The van der Waals surface area contributed by atoms with Crippen LogP contribution in [0.15, 0.2) is 88.3 Å². The molecule has 1 amide bonds. The molecule has 2 aromatic carbocycles. The standard InChI is InChI=1S/C27H19Cl2N3O4S3/c1-2-10-36-18-6-3-5-15(12-18)22-21(23(33)20-7-4-11-37-20)24(34)25(35)32(22)26-30-31-27(39-26)38-14-16-8-9-17(28)13-19(16)29/h2-9,11-13,22,34H,1,10,14H2. The number of thiophene rings is 1. The van der Waals surface area contributed by atoms with Gasteiger partial charge in [-0.3, -0.25) is 14.5 Å². The Morgan fingerprint density at radius 3 is 2.77 bits per heavy atom. The van der Waals surface area contributed by atoms with E-state index in [1.807, 2.05) is 6.07 Å². The predicted octanol–water partition coefficient (Wildman–Crippen LogP) is 7.55. The Morgan fingerprint density at radius 1 is 1.18 bits per heavy atom. The number of carbonyl (C=O) groups is 2. The van der Waals surface area contributed by atoms with Gasteiger partial charge in [0.25, 0.3) is 5.91 Å². The second-order valence-electron chi connectivity index (χ2n) is 8.19. The third kappa shape index (κ3) is 5.75. The minimum atomic E-state index is -0.934. The number of aliphatic hydroxyl groups excluding tert-OH is 1. The number of benzene rings is 2. The van der Waals surface area contributed by atoms with E-state index in [2.05, 4.69) is 16.8 Å². The number of hydrogen-bond acceptors (Lipinski definition) is 9. The Balaban J connectivity index is 1.49. The van der Waals surface area contributed by atoms with Crippen molar-refractivity contribution < 1.29 is 19.4 Å². The summed E-state index contributed by atoms with van der Waals surface area (Å²) >= 11 is 16.1. The van der Waals surface area contributed by atoms with E-state index in [9.17, 15) is 14.7 Å². The van der Waals surface area contributed by atoms with E-state index in [0.29, 0.717) is 36.3 Å². The molecule has 3 heterocycles. The number of aromatic nitrogens is 2. The van der Waals surface area contributed by atoms with Crippen LogP contribution in [0.3, 0.4) is 0 Å². The number of carbonyl (C=O) groups excluding carboxylic acids is 2. The number of ether oxygens (including phenoxy) is 1. The number of Topliss-reactive ketones (excluding diaryl/α,β-unsaturated/α-hetero) is 1. The zero-order chi connectivity index (χ0) is 27.5. The number of nitrogens with zero attached hydrogens (tertiary/aromatic N) is 3. The topological polar surface area (TPSA) is 92.6 Å². The third-order valence-corrected chi connectivity index (χ3v) is 9.27. The molecule has 1 aliphatic rings. The summed E-state index contributed by atoms with van der Waals surface area (Å²) < 4.78 is 6.27. The van der Waals surface area contributed by atoms with Gasteiger partial charge in [0.15, 0.2) is 10.1 Å². The molecule has 0 saturated carbocycles. The minimum Gasteiger partial charge on any atom is -0.503 e. The number of aliphatic hydroxyl groups is 1. The highest BCUT2D eigenvalue weighted by Gasteiger charge is 2.46. The van der Waals surface area contributed by atoms with E-state index in [1.54, 1.807) is 60.0 Å². The molecule has 0 aliphatic carbocycles. The number of hydrogen-bond donors (Lipinski definition) is 1. The largest absolute Gasteiger partial charge is 0.503 e. The summed E-state index contributed by atoms with van der Waals surface area (Å²) in [6.45, 7) is 3.95. The van der Waals surface area contributed by atoms with Crippen LogP contribution in [0.1, 0.15) is 26.8 Å². The average Bonchev–Trinajstić information content (AvgIpc) is 3.68. The van der Waals surface area contributed by atoms with Crippen molar-refractivity contribution in [1.29, 1.82) is 0 Å². The maximum atomic E-state index is 13.5. The van der Waals surface area contributed by atoms with E-state index in [4.69, 9.17) is 27.9 Å². The van der Waals surface area contributed by atoms with Crippen molar-refractivity contribution in [2.75, 3.05) is 11.5 Å². The van der Waals surface area contributed by atoms with Crippen LogP contribution in [0.5, 0.6) is 5.75 Å². The van der Waals surface area contributed by atoms with Crippen LogP contribution in [0, 0.1) is 0 Å². The first-order chi connectivity index (χ1) is 18.9. The molecular weight excluding hydrogens is 597 g/mol. The quantitative estimate of drug-likeness (QED) is 0.0852. The van der Waals surface area contributed by atoms with Crippen molar-refractivity contribution in [3.05, 3.63) is 110 Å². The Hall–Kier alpha value is -3.15. The van der Waals surface area contributed by atoms with Gasteiger partial charge in [-0.15, -0.1) is 21.5 Å². The first kappa shape index (κ1) is 27.4. The van der Waals surface area contributed by atoms with Crippen LogP contribution in [-0.4, -0.2) is 33.6 Å². The number of halogens is 2. The van der Waals surface area contributed by atoms with Crippen LogP contribution in [0.4, 0.5) is 5.13 Å². The van der Waals surface area contributed by atoms with Crippen molar-refractivity contribution in [3.8, 4) is 5.75 Å². The van der Waals surface area contributed by atoms with Gasteiger partial charge in [0.05, 0.1) is 16.5 Å². The summed E-state index contributed by atoms with van der Waals surface area (Å²) in [6.07, 6.45) is 1.62. The summed E-state index contributed by atoms with van der Waals surface area (Å²) in [5.41, 5.74) is 1.42. The van der Waals surface area contributed by atoms with Gasteiger partial charge in [0.1, 0.15) is 12.4 Å². The lowest BCUT2D eigenvalue weighted by Crippen LogP contribution is -2.31. The molecule has 198 valence electrons. The highest BCUT2D eigenvalue weighted by atomic mass is 35.5. The first-order valence-corrected chi connectivity index (χ1v) is 14.9. The van der Waals surface area contributed by atoms with E-state index < -0.39 is 23.5 Å². The molecule has 4 aromatic rings. The normalized spacial score (nSPS) is 15.2. The molecule has 1 atom stereocenters. The highest BCUT2D eigenvalue weighted by Crippen LogP contribution is 2.45. The van der Waals surface area contributed by atoms with Gasteiger partial charge in [-0.25, -0.2) is 0 Å². The van der Waals surface area contributed by atoms with Crippen LogP contribution in [0.2, 0.25) is 10.0 Å². The van der Waals surface area contributed by atoms with E-state index >= 15 is 0 Å². The number of anilines is 1. The van der Waals surface area contributed by atoms with Gasteiger partial charge in [0.2, 0.25) is 10.9 Å². The molecule has 12 heteroatoms. The van der Waals surface area contributed by atoms with E-state index in [-0.39, 0.29) is 17.3 Å². The molecule has 1 aliphatic heterocycles. The molecule has 0 fully saturated rings. The maximum absolute atomic E-state index is 13.5. The lowest BCUT2D eigenvalue weighted by Gasteiger charge is -2.24. The van der Waals surface area contributed by atoms with Crippen molar-refractivity contribution >= 4 is 74.5 Å². The van der Waals surface area contributed by atoms with Gasteiger partial charge < -0.3 is 9.84 Å². The molecular formula is C27H19Cl2N3O4S3. The Bertz CT molecular complexity index is 1590. The smallest absolute Gasteiger partial charge is 0.296 e. The van der Waals surface area contributed by atoms with Crippen molar-refractivity contribution in [2.45, 2.75) is 16.1 Å². The molecule has 2 aromatic heterocycles. The summed E-state index contributed by atoms with van der Waals surface area (Å²) in [5.74, 6) is -0.741. The average molecular weight is 617 g/mol. The lowest BCUT2D eigenvalue weighted by molar-refractivity contribution is -0.117. The van der Waals surface area contributed by atoms with Crippen molar-refractivity contribution in [1.82, 2.24) is 10.2 Å². The number of amides is 1. The predicted molar refractivity (Wildman–Crippen MR) is 157 cm³/mol. The summed E-state index contributed by atoms with van der Waals surface area (Å²) in [7, 11) is 0. The molecule has 0 spiro atoms. The van der Waals surface area contributed by atoms with Crippen LogP contribution < -0.4 is 9.64 Å². The fourth-order valence-electron chi connectivity index (χ4n) is 3.96. The van der Waals surface area contributed by atoms with Crippen molar-refractivity contribution in [2.24, 2.45) is 0 Å². The molecule has 7 nitrogen and oxygen atoms in total. The van der Waals surface area contributed by atoms with E-state index in [0.717, 1.165) is 5.56 Å². The number of thioether (sulfide) groups is 1. The van der Waals surface area contributed by atoms with Gasteiger partial charge in [-0.1, -0.05) is 83.2 Å². The second-order valence-corrected chi connectivity index (χ2v) is 12.2. The number of rotatable bonds is 10. The fraction of sp³-hybridized carbons (Fsp3) is 0.111. The summed E-state index contributed by atoms with van der Waals surface area (Å²) in [6, 6.07) is 14.8. The molecule has 1 unspecified atom stereocenters. The third-order valence-electron chi connectivity index (χ3n) is 5.71. The second kappa shape index (κ2) is 11.9. The van der Waals surface area contributed by atoms with Gasteiger partial charge in [-0.2, -0.15) is 0 Å². The summed E-state index contributed by atoms with van der Waals surface area (Å²) in [5, 5.41) is 22.5. The zero-order valence-corrected chi connectivity index (χ0v) is 24.0. The molecule has 39 heavy (non-hydrogen) atoms. The molecule has 0 saturated heterocycles. The Kier molecular flexibility index (Phi) is 8.39. The maximum Gasteiger partial charge on any atom is 0.296 e. The number of ketones is 1. The zero-order valence-electron chi connectivity index (χ0n) is 20.0. The van der Waals surface area contributed by atoms with Crippen molar-refractivity contribution in [3.63, 3.8) is 0 Å².